The minimum absolute atomic E-state index is 0. The molecule has 0 radical (unpaired) electrons. The van der Waals surface area contributed by atoms with Gasteiger partial charge in [0.15, 0.2) is 11.5 Å². The summed E-state index contributed by atoms with van der Waals surface area (Å²) < 4.78 is 16.2. The number of fused-ring (bicyclic) bond motifs is 2. The minimum Gasteiger partial charge on any atom is -0.492 e. The summed E-state index contributed by atoms with van der Waals surface area (Å²) in [7, 11) is 0. The van der Waals surface area contributed by atoms with Crippen LogP contribution in [0.15, 0.2) is 36.4 Å². The van der Waals surface area contributed by atoms with Crippen LogP contribution >= 0.6 is 12.4 Å². The van der Waals surface area contributed by atoms with E-state index in [2.05, 4.69) is 10.2 Å². The number of benzene rings is 2. The third-order valence-electron chi connectivity index (χ3n) is 4.75. The number of nitrogens with zero attached hydrogens (tertiary/aromatic N) is 1. The van der Waals surface area contributed by atoms with Gasteiger partial charge in [-0.3, -0.25) is 4.79 Å². The number of hydrogen-bond donors (Lipinski definition) is 2. The van der Waals surface area contributed by atoms with Crippen molar-refractivity contribution >= 4 is 29.7 Å². The van der Waals surface area contributed by atoms with Crippen LogP contribution in [0.1, 0.15) is 12.0 Å². The van der Waals surface area contributed by atoms with Crippen LogP contribution in [0.3, 0.4) is 0 Å². The second kappa shape index (κ2) is 8.93. The predicted octanol–water partition coefficient (Wildman–Crippen LogP) is 2.37. The molecule has 0 atom stereocenters. The number of ether oxygens (including phenoxy) is 3. The van der Waals surface area contributed by atoms with E-state index in [-0.39, 0.29) is 25.1 Å². The Bertz CT molecular complexity index is 846. The summed E-state index contributed by atoms with van der Waals surface area (Å²) >= 11 is 0. The van der Waals surface area contributed by atoms with Gasteiger partial charge in [-0.1, -0.05) is 6.07 Å². The van der Waals surface area contributed by atoms with Gasteiger partial charge in [-0.05, 0) is 42.7 Å². The van der Waals surface area contributed by atoms with Gasteiger partial charge in [0.2, 0.25) is 12.7 Å². The Morgan fingerprint density at radius 1 is 1.21 bits per heavy atom. The van der Waals surface area contributed by atoms with Crippen molar-refractivity contribution in [2.75, 3.05) is 43.7 Å². The maximum Gasteiger partial charge on any atom is 0.239 e. The molecule has 0 unspecified atom stereocenters. The number of nitrogens with two attached hydrogens (primary N) is 1. The summed E-state index contributed by atoms with van der Waals surface area (Å²) in [6, 6.07) is 11.3. The van der Waals surface area contributed by atoms with Crippen molar-refractivity contribution in [3.8, 4) is 17.2 Å². The van der Waals surface area contributed by atoms with E-state index in [1.165, 1.54) is 0 Å². The molecule has 8 heteroatoms. The second-order valence-corrected chi connectivity index (χ2v) is 6.58. The van der Waals surface area contributed by atoms with Gasteiger partial charge in [0, 0.05) is 24.0 Å². The first-order chi connectivity index (χ1) is 13.2. The number of nitrogen functional groups attached to an aromatic ring is 1. The molecule has 2 heterocycles. The topological polar surface area (TPSA) is 86.1 Å². The number of nitrogens with one attached hydrogen (secondary N) is 1. The molecule has 0 spiro atoms. The highest BCUT2D eigenvalue weighted by molar-refractivity contribution is 5.85. The fraction of sp³-hybridized carbons (Fsp3) is 0.350. The van der Waals surface area contributed by atoms with Crippen LogP contribution in [0.25, 0.3) is 0 Å². The van der Waals surface area contributed by atoms with Crippen LogP contribution in [0.5, 0.6) is 17.2 Å². The highest BCUT2D eigenvalue weighted by Gasteiger charge is 2.20. The number of hydrogen-bond acceptors (Lipinski definition) is 6. The highest BCUT2D eigenvalue weighted by atomic mass is 35.5. The molecule has 0 fully saturated rings. The molecule has 2 aliphatic heterocycles. The van der Waals surface area contributed by atoms with E-state index in [9.17, 15) is 4.79 Å². The molecule has 0 aromatic heterocycles. The van der Waals surface area contributed by atoms with Gasteiger partial charge >= 0.3 is 0 Å². The first-order valence-electron chi connectivity index (χ1n) is 9.12. The van der Waals surface area contributed by atoms with E-state index >= 15 is 0 Å². The number of rotatable bonds is 6. The molecule has 0 saturated carbocycles. The average Bonchev–Trinajstić information content (AvgIpc) is 3.14. The zero-order valence-corrected chi connectivity index (χ0v) is 16.3. The van der Waals surface area contributed by atoms with Crippen LogP contribution in [-0.2, 0) is 11.2 Å². The van der Waals surface area contributed by atoms with Gasteiger partial charge in [-0.2, -0.15) is 0 Å². The van der Waals surface area contributed by atoms with E-state index in [0.29, 0.717) is 31.2 Å². The second-order valence-electron chi connectivity index (χ2n) is 6.58. The van der Waals surface area contributed by atoms with Crippen molar-refractivity contribution in [2.45, 2.75) is 12.8 Å². The summed E-state index contributed by atoms with van der Waals surface area (Å²) in [4.78, 5) is 14.4. The van der Waals surface area contributed by atoms with Gasteiger partial charge in [0.25, 0.3) is 0 Å². The molecule has 3 N–H and O–H groups in total. The van der Waals surface area contributed by atoms with Crippen LogP contribution in [0.4, 0.5) is 11.4 Å². The summed E-state index contributed by atoms with van der Waals surface area (Å²) in [5, 5.41) is 2.91. The van der Waals surface area contributed by atoms with Gasteiger partial charge in [0.1, 0.15) is 12.4 Å². The normalized spacial score (nSPS) is 14.1. The largest absolute Gasteiger partial charge is 0.492 e. The fourth-order valence-corrected chi connectivity index (χ4v) is 3.45. The lowest BCUT2D eigenvalue weighted by Gasteiger charge is -2.31. The SMILES string of the molecule is Cl.Nc1cccc2c1CCCN2CC(=O)NCCOc1ccc2c(c1)OCO2. The average molecular weight is 406 g/mol. The first-order valence-corrected chi connectivity index (χ1v) is 9.12. The number of halogens is 1. The number of carbonyl (C=O) groups excluding carboxylic acids is 1. The maximum absolute atomic E-state index is 12.3. The lowest BCUT2D eigenvalue weighted by Crippen LogP contribution is -2.41. The molecule has 2 aromatic carbocycles. The summed E-state index contributed by atoms with van der Waals surface area (Å²) in [6.45, 7) is 2.23. The van der Waals surface area contributed by atoms with E-state index in [1.807, 2.05) is 30.3 Å². The molecule has 1 amide bonds. The van der Waals surface area contributed by atoms with Crippen molar-refractivity contribution in [3.05, 3.63) is 42.0 Å². The molecular formula is C20H24ClN3O4. The van der Waals surface area contributed by atoms with Crippen LogP contribution in [0.2, 0.25) is 0 Å². The Morgan fingerprint density at radius 2 is 2.07 bits per heavy atom. The zero-order valence-electron chi connectivity index (χ0n) is 15.5. The molecule has 7 nitrogen and oxygen atoms in total. The zero-order chi connectivity index (χ0) is 18.6. The minimum atomic E-state index is -0.0282. The van der Waals surface area contributed by atoms with Crippen LogP contribution in [-0.4, -0.2) is 38.9 Å². The monoisotopic (exact) mass is 405 g/mol. The van der Waals surface area contributed by atoms with E-state index in [4.69, 9.17) is 19.9 Å². The number of anilines is 2. The molecule has 150 valence electrons. The lowest BCUT2D eigenvalue weighted by atomic mass is 10.00. The van der Waals surface area contributed by atoms with Gasteiger partial charge in [0.05, 0.1) is 13.1 Å². The smallest absolute Gasteiger partial charge is 0.239 e. The van der Waals surface area contributed by atoms with E-state index < -0.39 is 0 Å². The Balaban J connectivity index is 0.00000225. The van der Waals surface area contributed by atoms with E-state index in [0.717, 1.165) is 42.1 Å². The highest BCUT2D eigenvalue weighted by Crippen LogP contribution is 2.35. The van der Waals surface area contributed by atoms with Crippen molar-refractivity contribution in [1.82, 2.24) is 5.32 Å². The Morgan fingerprint density at radius 3 is 2.96 bits per heavy atom. The maximum atomic E-state index is 12.3. The third-order valence-corrected chi connectivity index (χ3v) is 4.75. The van der Waals surface area contributed by atoms with Crippen LogP contribution < -0.4 is 30.2 Å². The Hall–Kier alpha value is -2.80. The van der Waals surface area contributed by atoms with E-state index in [1.54, 1.807) is 6.07 Å². The number of amides is 1. The molecular weight excluding hydrogens is 382 g/mol. The summed E-state index contributed by atoms with van der Waals surface area (Å²) in [5.41, 5.74) is 9.07. The van der Waals surface area contributed by atoms with Crippen molar-refractivity contribution in [3.63, 3.8) is 0 Å². The van der Waals surface area contributed by atoms with Crippen LogP contribution in [0, 0.1) is 0 Å². The van der Waals surface area contributed by atoms with Crippen molar-refractivity contribution in [1.29, 1.82) is 0 Å². The van der Waals surface area contributed by atoms with Gasteiger partial charge in [-0.25, -0.2) is 0 Å². The quantitative estimate of drug-likeness (QED) is 0.567. The Labute approximate surface area is 170 Å². The molecule has 0 aliphatic carbocycles. The Kier molecular flexibility index (Phi) is 6.36. The first kappa shape index (κ1) is 19.9. The molecule has 4 rings (SSSR count). The molecule has 2 aromatic rings. The lowest BCUT2D eigenvalue weighted by molar-refractivity contribution is -0.119. The molecule has 0 bridgehead atoms. The number of carbonyl (C=O) groups is 1. The molecule has 2 aliphatic rings. The standard InChI is InChI=1S/C20H23N3O4.ClH/c21-16-4-1-5-17-15(16)3-2-9-23(17)12-20(24)22-8-10-25-14-6-7-18-19(11-14)27-13-26-18;/h1,4-7,11H,2-3,8-10,12-13,21H2,(H,22,24);1H. The molecule has 28 heavy (non-hydrogen) atoms. The predicted molar refractivity (Wildman–Crippen MR) is 110 cm³/mol. The third kappa shape index (κ3) is 4.36. The van der Waals surface area contributed by atoms with Crippen molar-refractivity contribution in [2.24, 2.45) is 0 Å². The van der Waals surface area contributed by atoms with Gasteiger partial charge in [-0.15, -0.1) is 12.4 Å². The summed E-state index contributed by atoms with van der Waals surface area (Å²) in [5.74, 6) is 2.06. The molecule has 0 saturated heterocycles. The van der Waals surface area contributed by atoms with Crippen molar-refractivity contribution < 1.29 is 19.0 Å². The fourth-order valence-electron chi connectivity index (χ4n) is 3.45. The van der Waals surface area contributed by atoms with Gasteiger partial charge < -0.3 is 30.2 Å². The summed E-state index contributed by atoms with van der Waals surface area (Å²) in [6.07, 6.45) is 1.96.